The van der Waals surface area contributed by atoms with E-state index in [4.69, 9.17) is 0 Å². The molecule has 0 N–H and O–H groups in total. The molecule has 0 unspecified atom stereocenters. The molecule has 0 radical (unpaired) electrons. The Morgan fingerprint density at radius 2 is 2.33 bits per heavy atom. The second kappa shape index (κ2) is 3.77. The molecule has 0 spiro atoms. The van der Waals surface area contributed by atoms with Crippen LogP contribution in [0, 0.1) is 6.92 Å². The van der Waals surface area contributed by atoms with Gasteiger partial charge in [-0.15, -0.1) is 0 Å². The molecule has 0 aliphatic carbocycles. The molecule has 0 bridgehead atoms. The van der Waals surface area contributed by atoms with Gasteiger partial charge in [-0.1, -0.05) is 6.92 Å². The Labute approximate surface area is 96.3 Å². The number of carbonyl (C=O) groups excluding carboxylic acids is 1. The van der Waals surface area contributed by atoms with E-state index in [9.17, 15) is 4.79 Å². The van der Waals surface area contributed by atoms with Crippen LogP contribution in [0.4, 0.5) is 0 Å². The summed E-state index contributed by atoms with van der Waals surface area (Å²) >= 11 is 3.41. The molecule has 78 valence electrons. The van der Waals surface area contributed by atoms with Crippen LogP contribution in [0.25, 0.3) is 5.65 Å². The van der Waals surface area contributed by atoms with Crippen LogP contribution in [0.15, 0.2) is 16.7 Å². The first-order chi connectivity index (χ1) is 7.17. The van der Waals surface area contributed by atoms with E-state index in [0.717, 1.165) is 34.1 Å². The standard InChI is InChI=1S/C11H11BrN2O/c1-3-9-10(6-15)14-5-8(12)4-7(2)11(14)13-9/h4-6H,3H2,1-2H3. The van der Waals surface area contributed by atoms with Crippen molar-refractivity contribution in [1.82, 2.24) is 9.38 Å². The van der Waals surface area contributed by atoms with Crippen LogP contribution in [-0.4, -0.2) is 15.7 Å². The second-order valence-corrected chi connectivity index (χ2v) is 4.37. The number of fused-ring (bicyclic) bond motifs is 1. The fraction of sp³-hybridized carbons (Fsp3) is 0.273. The van der Waals surface area contributed by atoms with Crippen molar-refractivity contribution >= 4 is 27.9 Å². The molecule has 0 saturated heterocycles. The number of aldehydes is 1. The maximum atomic E-state index is 11.0. The van der Waals surface area contributed by atoms with Gasteiger partial charge in [0.05, 0.1) is 5.69 Å². The zero-order valence-electron chi connectivity index (χ0n) is 8.62. The van der Waals surface area contributed by atoms with E-state index < -0.39 is 0 Å². The summed E-state index contributed by atoms with van der Waals surface area (Å²) in [4.78, 5) is 15.5. The Bertz CT molecular complexity index is 531. The van der Waals surface area contributed by atoms with E-state index in [-0.39, 0.29) is 0 Å². The molecule has 15 heavy (non-hydrogen) atoms. The van der Waals surface area contributed by atoms with E-state index in [0.29, 0.717) is 5.69 Å². The van der Waals surface area contributed by atoms with E-state index in [2.05, 4.69) is 20.9 Å². The quantitative estimate of drug-likeness (QED) is 0.784. The van der Waals surface area contributed by atoms with Gasteiger partial charge in [0, 0.05) is 10.7 Å². The average molecular weight is 267 g/mol. The summed E-state index contributed by atoms with van der Waals surface area (Å²) in [5.74, 6) is 0. The Kier molecular flexibility index (Phi) is 2.61. The van der Waals surface area contributed by atoms with Gasteiger partial charge in [0.25, 0.3) is 0 Å². The van der Waals surface area contributed by atoms with Crippen LogP contribution in [0.3, 0.4) is 0 Å². The first-order valence-corrected chi connectivity index (χ1v) is 5.59. The highest BCUT2D eigenvalue weighted by atomic mass is 79.9. The van der Waals surface area contributed by atoms with E-state index in [1.54, 1.807) is 0 Å². The lowest BCUT2D eigenvalue weighted by molar-refractivity contribution is 0.111. The van der Waals surface area contributed by atoms with Crippen molar-refractivity contribution < 1.29 is 4.79 Å². The maximum Gasteiger partial charge on any atom is 0.168 e. The zero-order valence-corrected chi connectivity index (χ0v) is 10.2. The van der Waals surface area contributed by atoms with Crippen LogP contribution in [0.1, 0.15) is 28.7 Å². The molecule has 2 heterocycles. The third-order valence-electron chi connectivity index (χ3n) is 2.43. The van der Waals surface area contributed by atoms with Crippen LogP contribution >= 0.6 is 15.9 Å². The minimum Gasteiger partial charge on any atom is -0.296 e. The number of pyridine rings is 1. The zero-order chi connectivity index (χ0) is 11.0. The van der Waals surface area contributed by atoms with E-state index in [1.165, 1.54) is 0 Å². The number of aryl methyl sites for hydroxylation is 2. The summed E-state index contributed by atoms with van der Waals surface area (Å²) in [7, 11) is 0. The molecule has 3 nitrogen and oxygen atoms in total. The number of hydrogen-bond donors (Lipinski definition) is 0. The Hall–Kier alpha value is -1.16. The first kappa shape index (κ1) is 10.4. The van der Waals surface area contributed by atoms with Gasteiger partial charge in [0.15, 0.2) is 6.29 Å². The van der Waals surface area contributed by atoms with Crippen molar-refractivity contribution in [3.63, 3.8) is 0 Å². The predicted molar refractivity (Wildman–Crippen MR) is 62.4 cm³/mol. The van der Waals surface area contributed by atoms with Gasteiger partial charge in [0.2, 0.25) is 0 Å². The third kappa shape index (κ3) is 1.59. The summed E-state index contributed by atoms with van der Waals surface area (Å²) in [6, 6.07) is 2.00. The number of imidazole rings is 1. The molecule has 0 aliphatic rings. The molecular weight excluding hydrogens is 256 g/mol. The fourth-order valence-corrected chi connectivity index (χ4v) is 2.27. The lowest BCUT2D eigenvalue weighted by Gasteiger charge is -2.00. The molecule has 0 amide bonds. The molecule has 0 aromatic carbocycles. The second-order valence-electron chi connectivity index (χ2n) is 3.45. The summed E-state index contributed by atoms with van der Waals surface area (Å²) in [5, 5.41) is 0. The lowest BCUT2D eigenvalue weighted by atomic mass is 10.3. The first-order valence-electron chi connectivity index (χ1n) is 4.79. The Morgan fingerprint density at radius 1 is 1.60 bits per heavy atom. The van der Waals surface area contributed by atoms with Crippen molar-refractivity contribution in [2.75, 3.05) is 0 Å². The lowest BCUT2D eigenvalue weighted by Crippen LogP contribution is -1.94. The van der Waals surface area contributed by atoms with E-state index in [1.807, 2.05) is 30.5 Å². The molecule has 0 aliphatic heterocycles. The van der Waals surface area contributed by atoms with Gasteiger partial charge in [-0.05, 0) is 40.9 Å². The number of halogens is 1. The number of carbonyl (C=O) groups is 1. The molecule has 4 heteroatoms. The maximum absolute atomic E-state index is 11.0. The Morgan fingerprint density at radius 3 is 2.93 bits per heavy atom. The summed E-state index contributed by atoms with van der Waals surface area (Å²) < 4.78 is 2.79. The van der Waals surface area contributed by atoms with Crippen LogP contribution in [0.5, 0.6) is 0 Å². The van der Waals surface area contributed by atoms with Gasteiger partial charge in [0.1, 0.15) is 11.3 Å². The molecule has 0 atom stereocenters. The van der Waals surface area contributed by atoms with Crippen molar-refractivity contribution in [2.24, 2.45) is 0 Å². The smallest absolute Gasteiger partial charge is 0.168 e. The molecular formula is C11H11BrN2O. The van der Waals surface area contributed by atoms with Crippen LogP contribution < -0.4 is 0 Å². The predicted octanol–water partition coefficient (Wildman–Crippen LogP) is 2.78. The summed E-state index contributed by atoms with van der Waals surface area (Å²) in [6.07, 6.45) is 3.51. The minimum atomic E-state index is 0.650. The number of rotatable bonds is 2. The van der Waals surface area contributed by atoms with Gasteiger partial charge in [-0.3, -0.25) is 9.20 Å². The molecule has 2 aromatic heterocycles. The molecule has 2 aromatic rings. The van der Waals surface area contributed by atoms with Crippen LogP contribution in [-0.2, 0) is 6.42 Å². The van der Waals surface area contributed by atoms with Gasteiger partial charge >= 0.3 is 0 Å². The number of aromatic nitrogens is 2. The highest BCUT2D eigenvalue weighted by Gasteiger charge is 2.11. The van der Waals surface area contributed by atoms with Crippen molar-refractivity contribution in [2.45, 2.75) is 20.3 Å². The van der Waals surface area contributed by atoms with Gasteiger partial charge < -0.3 is 0 Å². The monoisotopic (exact) mass is 266 g/mol. The highest BCUT2D eigenvalue weighted by molar-refractivity contribution is 9.10. The Balaban J connectivity index is 2.88. The normalized spacial score (nSPS) is 10.9. The largest absolute Gasteiger partial charge is 0.296 e. The van der Waals surface area contributed by atoms with Crippen molar-refractivity contribution in [3.8, 4) is 0 Å². The third-order valence-corrected chi connectivity index (χ3v) is 2.86. The minimum absolute atomic E-state index is 0.650. The highest BCUT2D eigenvalue weighted by Crippen LogP contribution is 2.20. The van der Waals surface area contributed by atoms with Crippen molar-refractivity contribution in [1.29, 1.82) is 0 Å². The SMILES string of the molecule is CCc1nc2c(C)cc(Br)cn2c1C=O. The van der Waals surface area contributed by atoms with Gasteiger partial charge in [-0.2, -0.15) is 0 Å². The van der Waals surface area contributed by atoms with Crippen LogP contribution in [0.2, 0.25) is 0 Å². The average Bonchev–Trinajstić information content (AvgIpc) is 2.55. The number of hydrogen-bond acceptors (Lipinski definition) is 2. The van der Waals surface area contributed by atoms with Crippen molar-refractivity contribution in [3.05, 3.63) is 33.7 Å². The summed E-state index contributed by atoms with van der Waals surface area (Å²) in [5.41, 5.74) is 3.42. The fourth-order valence-electron chi connectivity index (χ4n) is 1.72. The summed E-state index contributed by atoms with van der Waals surface area (Å²) in [6.45, 7) is 3.99. The molecule has 0 saturated carbocycles. The topological polar surface area (TPSA) is 34.4 Å². The van der Waals surface area contributed by atoms with Gasteiger partial charge in [-0.25, -0.2) is 4.98 Å². The molecule has 2 rings (SSSR count). The molecule has 0 fully saturated rings. The van der Waals surface area contributed by atoms with E-state index >= 15 is 0 Å². The number of nitrogens with zero attached hydrogens (tertiary/aromatic N) is 2.